The maximum atomic E-state index is 15.9. The molecule has 7 nitrogen and oxygen atoms in total. The third-order valence-corrected chi connectivity index (χ3v) is 19.7. The molecule has 5 N–H and O–H groups in total. The highest BCUT2D eigenvalue weighted by molar-refractivity contribution is 5.96. The Kier molecular flexibility index (Phi) is 7.65. The molecule has 10 rings (SSSR count). The number of benzene rings is 1. The minimum atomic E-state index is -1.25. The molecular formula is C48H62O7. The first-order valence-corrected chi connectivity index (χ1v) is 21.6. The lowest BCUT2D eigenvalue weighted by Gasteiger charge is -2.77. The van der Waals surface area contributed by atoms with Crippen LogP contribution in [-0.4, -0.2) is 68.6 Å². The molecule has 1 aromatic carbocycles. The van der Waals surface area contributed by atoms with Gasteiger partial charge < -0.3 is 25.5 Å². The quantitative estimate of drug-likeness (QED) is 0.215. The van der Waals surface area contributed by atoms with E-state index in [1.807, 2.05) is 25.1 Å². The number of aldehydes is 1. The van der Waals surface area contributed by atoms with Gasteiger partial charge in [0.05, 0.1) is 31.0 Å². The molecular weight excluding hydrogens is 689 g/mol. The van der Waals surface area contributed by atoms with Crippen LogP contribution in [0.5, 0.6) is 0 Å². The van der Waals surface area contributed by atoms with E-state index in [4.69, 9.17) is 0 Å². The van der Waals surface area contributed by atoms with Gasteiger partial charge in [0.15, 0.2) is 12.1 Å². The van der Waals surface area contributed by atoms with Crippen LogP contribution in [0.4, 0.5) is 0 Å². The molecule has 2 bridgehead atoms. The summed E-state index contributed by atoms with van der Waals surface area (Å²) in [5.74, 6) is -0.466. The van der Waals surface area contributed by atoms with Crippen molar-refractivity contribution in [1.29, 1.82) is 0 Å². The van der Waals surface area contributed by atoms with Crippen molar-refractivity contribution < 1.29 is 35.1 Å². The van der Waals surface area contributed by atoms with Crippen molar-refractivity contribution in [3.8, 4) is 0 Å². The Bertz CT molecular complexity index is 2040. The Morgan fingerprint density at radius 1 is 0.945 bits per heavy atom. The van der Waals surface area contributed by atoms with Crippen molar-refractivity contribution in [3.63, 3.8) is 0 Å². The molecule has 0 amide bonds. The van der Waals surface area contributed by atoms with Crippen molar-refractivity contribution in [2.75, 3.05) is 13.2 Å². The predicted octanol–water partition coefficient (Wildman–Crippen LogP) is 5.03. The maximum Gasteiger partial charge on any atom is 0.159 e. The van der Waals surface area contributed by atoms with E-state index in [1.165, 1.54) is 0 Å². The van der Waals surface area contributed by atoms with Crippen LogP contribution in [0.25, 0.3) is 12.2 Å². The zero-order valence-electron chi connectivity index (χ0n) is 33.3. The second kappa shape index (κ2) is 11.4. The van der Waals surface area contributed by atoms with Crippen LogP contribution in [0.2, 0.25) is 0 Å². The number of hydrogen-bond donors (Lipinski definition) is 5. The molecule has 0 heterocycles. The zero-order valence-corrected chi connectivity index (χ0v) is 33.3. The van der Waals surface area contributed by atoms with Gasteiger partial charge in [-0.25, -0.2) is 0 Å². The minimum Gasteiger partial charge on any atom is -0.396 e. The van der Waals surface area contributed by atoms with E-state index in [9.17, 15) is 30.3 Å². The van der Waals surface area contributed by atoms with Gasteiger partial charge in [0.2, 0.25) is 0 Å². The monoisotopic (exact) mass is 750 g/mol. The second-order valence-corrected chi connectivity index (χ2v) is 21.6. The van der Waals surface area contributed by atoms with Crippen molar-refractivity contribution >= 4 is 24.2 Å². The molecule has 0 aromatic heterocycles. The van der Waals surface area contributed by atoms with E-state index in [0.717, 1.165) is 67.2 Å². The van der Waals surface area contributed by atoms with E-state index in [0.29, 0.717) is 43.6 Å². The number of allylic oxidation sites excluding steroid dienone is 3. The molecule has 15 atom stereocenters. The van der Waals surface area contributed by atoms with E-state index >= 15 is 4.79 Å². The predicted molar refractivity (Wildman–Crippen MR) is 209 cm³/mol. The van der Waals surface area contributed by atoms with Gasteiger partial charge in [-0.15, -0.1) is 0 Å². The van der Waals surface area contributed by atoms with E-state index in [2.05, 4.69) is 51.1 Å². The molecule has 7 heteroatoms. The summed E-state index contributed by atoms with van der Waals surface area (Å²) < 4.78 is 0. The summed E-state index contributed by atoms with van der Waals surface area (Å²) in [4.78, 5) is 28.3. The Morgan fingerprint density at radius 2 is 1.73 bits per heavy atom. The fraction of sp³-hybridized carbons (Fsp3) is 0.708. The molecule has 0 saturated heterocycles. The van der Waals surface area contributed by atoms with Crippen molar-refractivity contribution in [2.45, 2.75) is 123 Å². The van der Waals surface area contributed by atoms with Crippen molar-refractivity contribution in [2.24, 2.45) is 73.4 Å². The van der Waals surface area contributed by atoms with Gasteiger partial charge in [-0.05, 0) is 144 Å². The van der Waals surface area contributed by atoms with E-state index in [1.54, 1.807) is 0 Å². The maximum absolute atomic E-state index is 15.9. The van der Waals surface area contributed by atoms with Crippen LogP contribution in [0.1, 0.15) is 115 Å². The van der Waals surface area contributed by atoms with Gasteiger partial charge >= 0.3 is 0 Å². The SMILES string of the molecule is CC1(C)C[C@@H]2C3=CC(=O)[C@H]4[C@]56CC[C@H](O)[C@@](C)([C@H](O)CO)[C@H]5CC[C@]4(CC[C@H]4C=c5c(C=O)cccc5=C[C@H]46)[C@]3(C)C[C@]3(O)C=C[C@@H]4CCC[C@]4(C1)[C@@]23CO. The first-order valence-electron chi connectivity index (χ1n) is 21.6. The summed E-state index contributed by atoms with van der Waals surface area (Å²) >= 11 is 0. The summed E-state index contributed by atoms with van der Waals surface area (Å²) in [6, 6.07) is 5.87. The molecule has 9 aliphatic rings. The molecule has 296 valence electrons. The topological polar surface area (TPSA) is 135 Å². The Morgan fingerprint density at radius 3 is 2.47 bits per heavy atom. The number of fused-ring (bicyclic) bond motifs is 4. The molecule has 0 radical (unpaired) electrons. The summed E-state index contributed by atoms with van der Waals surface area (Å²) in [5.41, 5.74) is -3.29. The normalized spacial score (nSPS) is 51.5. The summed E-state index contributed by atoms with van der Waals surface area (Å²) in [7, 11) is 0. The highest BCUT2D eigenvalue weighted by Crippen LogP contribution is 2.84. The van der Waals surface area contributed by atoms with Crippen LogP contribution >= 0.6 is 0 Å². The summed E-state index contributed by atoms with van der Waals surface area (Å²) in [6.45, 7) is 8.48. The number of hydrogen-bond acceptors (Lipinski definition) is 7. The first-order chi connectivity index (χ1) is 26.1. The van der Waals surface area contributed by atoms with Gasteiger partial charge in [-0.2, -0.15) is 0 Å². The van der Waals surface area contributed by atoms with Gasteiger partial charge in [-0.1, -0.05) is 82.2 Å². The van der Waals surface area contributed by atoms with E-state index < -0.39 is 57.4 Å². The van der Waals surface area contributed by atoms with Gasteiger partial charge in [0.25, 0.3) is 0 Å². The largest absolute Gasteiger partial charge is 0.396 e. The van der Waals surface area contributed by atoms with Crippen LogP contribution in [0, 0.1) is 73.4 Å². The van der Waals surface area contributed by atoms with Crippen LogP contribution in [0.15, 0.2) is 42.0 Å². The number of aliphatic hydroxyl groups is 5. The van der Waals surface area contributed by atoms with Crippen molar-refractivity contribution in [1.82, 2.24) is 0 Å². The van der Waals surface area contributed by atoms with Crippen LogP contribution in [0.3, 0.4) is 0 Å². The fourth-order valence-corrected chi connectivity index (χ4v) is 18.0. The number of carbonyl (C=O) groups is 2. The number of carbonyl (C=O) groups excluding carboxylic acids is 2. The molecule has 55 heavy (non-hydrogen) atoms. The molecule has 6 saturated carbocycles. The Hall–Kier alpha value is -2.42. The zero-order chi connectivity index (χ0) is 38.8. The highest BCUT2D eigenvalue weighted by Gasteiger charge is 2.81. The minimum absolute atomic E-state index is 0.0243. The number of ketones is 1. The van der Waals surface area contributed by atoms with E-state index in [-0.39, 0.29) is 46.9 Å². The Balaban J connectivity index is 1.25. The Labute approximate surface area is 325 Å². The number of aliphatic hydroxyl groups excluding tert-OH is 4. The lowest BCUT2D eigenvalue weighted by Crippen LogP contribution is -2.77. The van der Waals surface area contributed by atoms with Crippen LogP contribution in [-0.2, 0) is 4.79 Å². The number of rotatable bonds is 4. The third-order valence-electron chi connectivity index (χ3n) is 19.7. The molecule has 2 spiro atoms. The molecule has 0 unspecified atom stereocenters. The first kappa shape index (κ1) is 36.9. The van der Waals surface area contributed by atoms with Gasteiger partial charge in [0, 0.05) is 22.3 Å². The smallest absolute Gasteiger partial charge is 0.159 e. The summed E-state index contributed by atoms with van der Waals surface area (Å²) in [5, 5.41) is 61.7. The second-order valence-electron chi connectivity index (χ2n) is 21.6. The average molecular weight is 751 g/mol. The average Bonchev–Trinajstić information content (AvgIpc) is 3.53. The summed E-state index contributed by atoms with van der Waals surface area (Å²) in [6.07, 6.45) is 19.4. The lowest BCUT2D eigenvalue weighted by molar-refractivity contribution is -0.284. The highest BCUT2D eigenvalue weighted by atomic mass is 16.3. The molecule has 1 aromatic rings. The fourth-order valence-electron chi connectivity index (χ4n) is 18.0. The van der Waals surface area contributed by atoms with Crippen molar-refractivity contribution in [3.05, 3.63) is 58.0 Å². The molecule has 6 fully saturated rings. The standard InChI is InChI=1S/C48H62O7/c1-41(2)22-35-34-21-36(52)40-44(42(34,3)26-46(55)17-11-31-9-6-14-45(31,25-41)48(35,46)27-51)15-10-29-19-32-28(7-5-8-30(32)23-49)20-33(29)47(40)18-13-38(53)43(4,39(54)24-50)37(47)12-16-44/h5,7-8,11,17,19-21,23,29,31,33,35,37-40,50-51,53-55H,6,9-10,12-16,18,22,24-27H2,1-4H3/t29-,31-,33+,35+,37+,38-,39+,40+,42+,43-,44-,45+,46+,47-,48+/m0/s1. The molecule has 9 aliphatic carbocycles. The van der Waals surface area contributed by atoms with Crippen LogP contribution < -0.4 is 10.4 Å². The van der Waals surface area contributed by atoms with Gasteiger partial charge in [0.1, 0.15) is 0 Å². The molecule has 0 aliphatic heterocycles. The third kappa shape index (κ3) is 4.02. The lowest BCUT2D eigenvalue weighted by atomic mass is 9.27. The van der Waals surface area contributed by atoms with Gasteiger partial charge in [-0.3, -0.25) is 9.59 Å².